The third-order valence-electron chi connectivity index (χ3n) is 3.65. The van der Waals surface area contributed by atoms with Crippen molar-refractivity contribution in [2.75, 3.05) is 0 Å². The van der Waals surface area contributed by atoms with Crippen LogP contribution in [-0.4, -0.2) is 18.9 Å². The lowest BCUT2D eigenvalue weighted by atomic mass is 10.2. The highest BCUT2D eigenvalue weighted by atomic mass is 32.2. The van der Waals surface area contributed by atoms with E-state index in [1.807, 2.05) is 41.2 Å². The smallest absolute Gasteiger partial charge is 0.172 e. The first-order valence-corrected chi connectivity index (χ1v) is 8.44. The molecule has 0 atom stereocenters. The van der Waals surface area contributed by atoms with Gasteiger partial charge >= 0.3 is 0 Å². The van der Waals surface area contributed by atoms with E-state index in [0.717, 1.165) is 27.9 Å². The average Bonchev–Trinajstić information content (AvgIpc) is 3.19. The lowest BCUT2D eigenvalue weighted by Crippen LogP contribution is -1.95. The van der Waals surface area contributed by atoms with Gasteiger partial charge < -0.3 is 4.40 Å². The van der Waals surface area contributed by atoms with Crippen molar-refractivity contribution in [2.24, 2.45) is 0 Å². The third kappa shape index (κ3) is 2.87. The second-order valence-corrected chi connectivity index (χ2v) is 6.35. The predicted molar refractivity (Wildman–Crippen MR) is 93.1 cm³/mol. The molecule has 5 heteroatoms. The molecule has 4 aromatic rings. The van der Waals surface area contributed by atoms with E-state index < -0.39 is 0 Å². The summed E-state index contributed by atoms with van der Waals surface area (Å²) in [4.78, 5) is 9.12. The van der Waals surface area contributed by atoms with Crippen LogP contribution in [0.3, 0.4) is 0 Å². The molecule has 0 aliphatic carbocycles. The van der Waals surface area contributed by atoms with Crippen LogP contribution >= 0.6 is 11.8 Å². The summed E-state index contributed by atoms with van der Waals surface area (Å²) in [6.45, 7) is 2.10. The Morgan fingerprint density at radius 3 is 2.91 bits per heavy atom. The molecule has 23 heavy (non-hydrogen) atoms. The number of thioether (sulfide) groups is 1. The van der Waals surface area contributed by atoms with Gasteiger partial charge in [0.2, 0.25) is 0 Å². The molecule has 0 amide bonds. The highest BCUT2D eigenvalue weighted by Crippen LogP contribution is 2.24. The molecule has 0 fully saturated rings. The summed E-state index contributed by atoms with van der Waals surface area (Å²) in [6, 6.07) is 14.5. The molecular weight excluding hydrogens is 304 g/mol. The first-order valence-electron chi connectivity index (χ1n) is 7.45. The lowest BCUT2D eigenvalue weighted by molar-refractivity contribution is 0.893. The Morgan fingerprint density at radius 2 is 2.04 bits per heavy atom. The van der Waals surface area contributed by atoms with E-state index in [0.29, 0.717) is 0 Å². The van der Waals surface area contributed by atoms with E-state index in [1.165, 1.54) is 5.56 Å². The molecule has 1 aromatic carbocycles. The Hall–Kier alpha value is -2.53. The summed E-state index contributed by atoms with van der Waals surface area (Å²) in [6.07, 6.45) is 7.93. The fourth-order valence-corrected chi connectivity index (χ4v) is 3.42. The number of imidazole rings is 2. The van der Waals surface area contributed by atoms with Gasteiger partial charge in [-0.3, -0.25) is 4.57 Å². The largest absolute Gasteiger partial charge is 0.307 e. The Balaban J connectivity index is 1.57. The van der Waals surface area contributed by atoms with E-state index in [4.69, 9.17) is 0 Å². The zero-order valence-corrected chi connectivity index (χ0v) is 13.6. The molecule has 0 radical (unpaired) electrons. The van der Waals surface area contributed by atoms with Gasteiger partial charge in [-0.15, -0.1) is 0 Å². The summed E-state index contributed by atoms with van der Waals surface area (Å²) in [5.41, 5.74) is 4.41. The van der Waals surface area contributed by atoms with Crippen LogP contribution < -0.4 is 0 Å². The first-order chi connectivity index (χ1) is 11.3. The summed E-state index contributed by atoms with van der Waals surface area (Å²) in [5.74, 6) is 0.796. The van der Waals surface area contributed by atoms with E-state index in [2.05, 4.69) is 51.9 Å². The fourth-order valence-electron chi connectivity index (χ4n) is 2.57. The number of aromatic nitrogens is 4. The summed E-state index contributed by atoms with van der Waals surface area (Å²) < 4.78 is 4.16. The molecule has 0 bridgehead atoms. The quantitative estimate of drug-likeness (QED) is 0.531. The molecule has 0 spiro atoms. The molecule has 0 aliphatic rings. The minimum absolute atomic E-state index is 0.796. The van der Waals surface area contributed by atoms with Crippen LogP contribution in [0.4, 0.5) is 0 Å². The maximum absolute atomic E-state index is 4.63. The molecule has 0 N–H and O–H groups in total. The van der Waals surface area contributed by atoms with Gasteiger partial charge in [0.05, 0.1) is 5.69 Å². The fraction of sp³-hybridized carbons (Fsp3) is 0.111. The summed E-state index contributed by atoms with van der Waals surface area (Å²) in [5, 5.41) is 0.979. The van der Waals surface area contributed by atoms with Gasteiger partial charge in [-0.2, -0.15) is 0 Å². The standard InChI is InChI=1S/C18H16N4S/c1-14-5-4-6-16(11-14)22-10-8-19-18(22)23-13-15-12-21-9-3-2-7-17(21)20-15/h2-12H,13H2,1H3. The molecule has 114 valence electrons. The lowest BCUT2D eigenvalue weighted by Gasteiger charge is -2.07. The highest BCUT2D eigenvalue weighted by Gasteiger charge is 2.08. The number of hydrogen-bond donors (Lipinski definition) is 0. The molecule has 4 rings (SSSR count). The molecule has 0 aliphatic heterocycles. The third-order valence-corrected chi connectivity index (χ3v) is 4.65. The normalized spacial score (nSPS) is 11.2. The van der Waals surface area contributed by atoms with E-state index in [9.17, 15) is 0 Å². The van der Waals surface area contributed by atoms with Crippen LogP contribution in [0.25, 0.3) is 11.3 Å². The number of hydrogen-bond acceptors (Lipinski definition) is 3. The minimum atomic E-state index is 0.796. The SMILES string of the molecule is Cc1cccc(-n2ccnc2SCc2cn3ccccc3n2)c1. The molecule has 0 saturated carbocycles. The van der Waals surface area contributed by atoms with Crippen molar-refractivity contribution in [3.8, 4) is 5.69 Å². The van der Waals surface area contributed by atoms with Crippen molar-refractivity contribution in [3.63, 3.8) is 0 Å². The number of fused-ring (bicyclic) bond motifs is 1. The Labute approximate surface area is 138 Å². The second-order valence-electron chi connectivity index (χ2n) is 5.41. The maximum atomic E-state index is 4.63. The van der Waals surface area contributed by atoms with Crippen LogP contribution in [0.2, 0.25) is 0 Å². The van der Waals surface area contributed by atoms with Gasteiger partial charge in [0.1, 0.15) is 5.65 Å². The predicted octanol–water partition coefficient (Wildman–Crippen LogP) is 4.12. The molecule has 3 heterocycles. The molecular formula is C18H16N4S. The number of nitrogens with zero attached hydrogens (tertiary/aromatic N) is 4. The summed E-state index contributed by atoms with van der Waals surface area (Å²) in [7, 11) is 0. The Morgan fingerprint density at radius 1 is 1.09 bits per heavy atom. The Kier molecular flexibility index (Phi) is 3.63. The van der Waals surface area contributed by atoms with Crippen molar-refractivity contribution >= 4 is 17.4 Å². The topological polar surface area (TPSA) is 35.1 Å². The number of rotatable bonds is 4. The van der Waals surface area contributed by atoms with E-state index in [1.54, 1.807) is 11.8 Å². The van der Waals surface area contributed by atoms with E-state index >= 15 is 0 Å². The van der Waals surface area contributed by atoms with Gasteiger partial charge in [-0.05, 0) is 36.8 Å². The number of aryl methyl sites for hydroxylation is 1. The minimum Gasteiger partial charge on any atom is -0.307 e. The van der Waals surface area contributed by atoms with Crippen LogP contribution in [0.15, 0.2) is 72.4 Å². The number of benzene rings is 1. The van der Waals surface area contributed by atoms with Crippen molar-refractivity contribution in [2.45, 2.75) is 17.8 Å². The molecule has 0 saturated heterocycles. The number of pyridine rings is 1. The molecule has 3 aromatic heterocycles. The zero-order chi connectivity index (χ0) is 15.6. The van der Waals surface area contributed by atoms with Crippen molar-refractivity contribution < 1.29 is 0 Å². The first kappa shape index (κ1) is 14.1. The van der Waals surface area contributed by atoms with Gasteiger partial charge in [0.25, 0.3) is 0 Å². The molecule has 0 unspecified atom stereocenters. The highest BCUT2D eigenvalue weighted by molar-refractivity contribution is 7.98. The summed E-state index contributed by atoms with van der Waals surface area (Å²) >= 11 is 1.70. The van der Waals surface area contributed by atoms with Crippen LogP contribution in [0.1, 0.15) is 11.3 Å². The van der Waals surface area contributed by atoms with E-state index in [-0.39, 0.29) is 0 Å². The van der Waals surface area contributed by atoms with Crippen molar-refractivity contribution in [1.29, 1.82) is 0 Å². The van der Waals surface area contributed by atoms with Crippen LogP contribution in [-0.2, 0) is 5.75 Å². The maximum Gasteiger partial charge on any atom is 0.172 e. The average molecular weight is 320 g/mol. The van der Waals surface area contributed by atoms with Crippen LogP contribution in [0, 0.1) is 6.92 Å². The van der Waals surface area contributed by atoms with Gasteiger partial charge in [0, 0.05) is 36.2 Å². The van der Waals surface area contributed by atoms with Crippen LogP contribution in [0.5, 0.6) is 0 Å². The monoisotopic (exact) mass is 320 g/mol. The molecule has 4 nitrogen and oxygen atoms in total. The van der Waals surface area contributed by atoms with Crippen molar-refractivity contribution in [1.82, 2.24) is 18.9 Å². The van der Waals surface area contributed by atoms with Gasteiger partial charge in [0.15, 0.2) is 5.16 Å². The second kappa shape index (κ2) is 5.93. The van der Waals surface area contributed by atoms with Gasteiger partial charge in [-0.1, -0.05) is 30.0 Å². The zero-order valence-electron chi connectivity index (χ0n) is 12.8. The van der Waals surface area contributed by atoms with Gasteiger partial charge in [-0.25, -0.2) is 9.97 Å². The Bertz CT molecular complexity index is 921. The van der Waals surface area contributed by atoms with Crippen molar-refractivity contribution in [3.05, 3.63) is 78.5 Å².